The van der Waals surface area contributed by atoms with E-state index in [1.165, 1.54) is 24.3 Å². The maximum absolute atomic E-state index is 10.6. The average Bonchev–Trinajstić information content (AvgIpc) is 2.26. The summed E-state index contributed by atoms with van der Waals surface area (Å²) in [6.07, 6.45) is 0. The quantitative estimate of drug-likeness (QED) is 0.684. The molecule has 7 nitrogen and oxygen atoms in total. The number of nitrogen functional groups attached to an aromatic ring is 1. The van der Waals surface area contributed by atoms with Crippen LogP contribution in [0.25, 0.3) is 0 Å². The Kier molecular flexibility index (Phi) is 3.48. The molecule has 1 aromatic carbocycles. The first-order chi connectivity index (χ1) is 8.95. The number of aryl methyl sites for hydroxylation is 1. The van der Waals surface area contributed by atoms with Crippen molar-refractivity contribution in [1.82, 2.24) is 9.97 Å². The zero-order valence-electron chi connectivity index (χ0n) is 9.83. The van der Waals surface area contributed by atoms with Gasteiger partial charge in [0.1, 0.15) is 22.4 Å². The number of ether oxygens (including phenoxy) is 1. The van der Waals surface area contributed by atoms with Gasteiger partial charge in [-0.3, -0.25) is 10.1 Å². The predicted molar refractivity (Wildman–Crippen MR) is 69.4 cm³/mol. The second-order valence-corrected chi connectivity index (χ2v) is 4.06. The van der Waals surface area contributed by atoms with Crippen LogP contribution < -0.4 is 10.5 Å². The molecule has 0 bridgehead atoms. The number of nitro groups is 1. The Balaban J connectivity index is 2.28. The zero-order valence-corrected chi connectivity index (χ0v) is 10.6. The highest BCUT2D eigenvalue weighted by atomic mass is 35.5. The predicted octanol–water partition coefficient (Wildman–Crippen LogP) is 2.72. The molecule has 1 heterocycles. The topological polar surface area (TPSA) is 104 Å². The summed E-state index contributed by atoms with van der Waals surface area (Å²) in [6, 6.07) is 5.47. The zero-order chi connectivity index (χ0) is 14.0. The minimum Gasteiger partial charge on any atom is -0.439 e. The summed E-state index contributed by atoms with van der Waals surface area (Å²) in [4.78, 5) is 18.0. The highest BCUT2D eigenvalue weighted by Gasteiger charge is 2.13. The van der Waals surface area contributed by atoms with Crippen LogP contribution in [0.5, 0.6) is 11.6 Å². The largest absolute Gasteiger partial charge is 0.439 e. The second-order valence-electron chi connectivity index (χ2n) is 3.65. The minimum atomic E-state index is -0.570. The summed E-state index contributed by atoms with van der Waals surface area (Å²) >= 11 is 5.77. The fraction of sp³-hybridized carbons (Fsp3) is 0.0909. The van der Waals surface area contributed by atoms with Gasteiger partial charge >= 0.3 is 0 Å². The molecule has 8 heteroatoms. The molecule has 0 fully saturated rings. The van der Waals surface area contributed by atoms with Gasteiger partial charge in [-0.15, -0.1) is 0 Å². The lowest BCUT2D eigenvalue weighted by Gasteiger charge is -2.06. The molecule has 1 aromatic heterocycles. The third kappa shape index (κ3) is 3.08. The maximum atomic E-state index is 10.6. The van der Waals surface area contributed by atoms with Crippen LogP contribution in [-0.4, -0.2) is 14.9 Å². The summed E-state index contributed by atoms with van der Waals surface area (Å²) in [5.41, 5.74) is 5.37. The van der Waals surface area contributed by atoms with E-state index in [9.17, 15) is 10.1 Å². The van der Waals surface area contributed by atoms with Crippen LogP contribution in [0, 0.1) is 17.0 Å². The van der Waals surface area contributed by atoms with Gasteiger partial charge in [0.05, 0.1) is 4.92 Å². The molecule has 0 radical (unpaired) electrons. The van der Waals surface area contributed by atoms with E-state index in [2.05, 4.69) is 9.97 Å². The molecule has 2 N–H and O–H groups in total. The van der Waals surface area contributed by atoms with Gasteiger partial charge in [-0.25, -0.2) is 4.98 Å². The van der Waals surface area contributed by atoms with Gasteiger partial charge in [0.15, 0.2) is 0 Å². The number of aromatic nitrogens is 2. The molecule has 0 aliphatic heterocycles. The van der Waals surface area contributed by atoms with Crippen molar-refractivity contribution in [3.63, 3.8) is 0 Å². The van der Waals surface area contributed by atoms with Crippen molar-refractivity contribution in [3.8, 4) is 11.6 Å². The van der Waals surface area contributed by atoms with Crippen LogP contribution in [0.4, 0.5) is 11.5 Å². The monoisotopic (exact) mass is 280 g/mol. The van der Waals surface area contributed by atoms with Gasteiger partial charge in [0.25, 0.3) is 5.69 Å². The van der Waals surface area contributed by atoms with Crippen molar-refractivity contribution >= 4 is 23.1 Å². The molecule has 0 aliphatic rings. The molecular weight excluding hydrogens is 272 g/mol. The first-order valence-corrected chi connectivity index (χ1v) is 5.56. The van der Waals surface area contributed by atoms with E-state index in [0.717, 1.165) is 0 Å². The Hall–Kier alpha value is -2.41. The van der Waals surface area contributed by atoms with E-state index in [0.29, 0.717) is 11.6 Å². The van der Waals surface area contributed by atoms with Gasteiger partial charge in [-0.1, -0.05) is 11.6 Å². The van der Waals surface area contributed by atoms with Crippen LogP contribution in [0.1, 0.15) is 5.82 Å². The van der Waals surface area contributed by atoms with E-state index >= 15 is 0 Å². The van der Waals surface area contributed by atoms with Crippen LogP contribution >= 0.6 is 11.6 Å². The lowest BCUT2D eigenvalue weighted by Crippen LogP contribution is -1.98. The van der Waals surface area contributed by atoms with Crippen LogP contribution in [0.3, 0.4) is 0 Å². The van der Waals surface area contributed by atoms with E-state index in [4.69, 9.17) is 22.1 Å². The number of halogens is 1. The van der Waals surface area contributed by atoms with Gasteiger partial charge in [0, 0.05) is 18.2 Å². The fourth-order valence-corrected chi connectivity index (χ4v) is 1.67. The number of nitro benzene ring substituents is 1. The van der Waals surface area contributed by atoms with E-state index in [1.54, 1.807) is 6.92 Å². The van der Waals surface area contributed by atoms with Gasteiger partial charge in [-0.2, -0.15) is 4.98 Å². The number of hydrogen-bond donors (Lipinski definition) is 1. The van der Waals surface area contributed by atoms with Crippen LogP contribution in [0.15, 0.2) is 24.3 Å². The normalized spacial score (nSPS) is 10.2. The van der Waals surface area contributed by atoms with Crippen molar-refractivity contribution in [2.24, 2.45) is 0 Å². The standard InChI is InChI=1S/C11H9ClN4O3/c1-6-14-10(13)5-11(15-6)19-7-2-3-9(16(17)18)8(12)4-7/h2-5H,1H3,(H2,13,14,15). The molecule has 0 unspecified atom stereocenters. The Morgan fingerprint density at radius 3 is 2.68 bits per heavy atom. The van der Waals surface area contributed by atoms with Crippen LogP contribution in [-0.2, 0) is 0 Å². The molecule has 0 saturated carbocycles. The first kappa shape index (κ1) is 13.0. The third-order valence-corrected chi connectivity index (χ3v) is 2.48. The minimum absolute atomic E-state index is 0.0127. The van der Waals surface area contributed by atoms with Gasteiger partial charge in [-0.05, 0) is 13.0 Å². The molecule has 0 amide bonds. The summed E-state index contributed by atoms with van der Waals surface area (Å²) in [6.45, 7) is 1.67. The number of anilines is 1. The summed E-state index contributed by atoms with van der Waals surface area (Å²) in [7, 11) is 0. The maximum Gasteiger partial charge on any atom is 0.288 e. The van der Waals surface area contributed by atoms with E-state index in [-0.39, 0.29) is 22.4 Å². The molecule has 98 valence electrons. The SMILES string of the molecule is Cc1nc(N)cc(Oc2ccc([N+](=O)[O-])c(Cl)c2)n1. The van der Waals surface area contributed by atoms with Crippen molar-refractivity contribution in [2.45, 2.75) is 6.92 Å². The molecule has 0 atom stereocenters. The van der Waals surface area contributed by atoms with Crippen molar-refractivity contribution in [1.29, 1.82) is 0 Å². The molecule has 0 saturated heterocycles. The number of nitrogens with two attached hydrogens (primary N) is 1. The smallest absolute Gasteiger partial charge is 0.288 e. The highest BCUT2D eigenvalue weighted by Crippen LogP contribution is 2.30. The Bertz CT molecular complexity index is 628. The first-order valence-electron chi connectivity index (χ1n) is 5.18. The molecule has 0 spiro atoms. The van der Waals surface area contributed by atoms with Crippen molar-refractivity contribution in [3.05, 3.63) is 45.2 Å². The van der Waals surface area contributed by atoms with E-state index < -0.39 is 4.92 Å². The highest BCUT2D eigenvalue weighted by molar-refractivity contribution is 6.32. The third-order valence-electron chi connectivity index (χ3n) is 2.17. The number of hydrogen-bond acceptors (Lipinski definition) is 6. The number of benzene rings is 1. The molecule has 2 aromatic rings. The number of rotatable bonds is 3. The fourth-order valence-electron chi connectivity index (χ4n) is 1.43. The van der Waals surface area contributed by atoms with Crippen molar-refractivity contribution in [2.75, 3.05) is 5.73 Å². The number of nitrogens with zero attached hydrogens (tertiary/aromatic N) is 3. The Morgan fingerprint density at radius 1 is 1.37 bits per heavy atom. The molecule has 0 aliphatic carbocycles. The second kappa shape index (κ2) is 5.07. The summed E-state index contributed by atoms with van der Waals surface area (Å²) in [5, 5.41) is 10.6. The Morgan fingerprint density at radius 2 is 2.11 bits per heavy atom. The lowest BCUT2D eigenvalue weighted by molar-refractivity contribution is -0.384. The van der Waals surface area contributed by atoms with E-state index in [1.807, 2.05) is 0 Å². The van der Waals surface area contributed by atoms with Gasteiger partial charge in [0.2, 0.25) is 5.88 Å². The molecular formula is C11H9ClN4O3. The van der Waals surface area contributed by atoms with Gasteiger partial charge < -0.3 is 10.5 Å². The Labute approximate surface area is 113 Å². The van der Waals surface area contributed by atoms with Crippen molar-refractivity contribution < 1.29 is 9.66 Å². The summed E-state index contributed by atoms with van der Waals surface area (Å²) < 4.78 is 5.42. The lowest BCUT2D eigenvalue weighted by atomic mass is 10.3. The van der Waals surface area contributed by atoms with Crippen LogP contribution in [0.2, 0.25) is 5.02 Å². The summed E-state index contributed by atoms with van der Waals surface area (Å²) in [5.74, 6) is 1.31. The average molecular weight is 281 g/mol. The molecule has 19 heavy (non-hydrogen) atoms. The molecule has 2 rings (SSSR count).